The molecule has 0 saturated heterocycles. The molecule has 1 aromatic carbocycles. The van der Waals surface area contributed by atoms with Gasteiger partial charge in [0.25, 0.3) is 5.91 Å². The average Bonchev–Trinajstić information content (AvgIpc) is 2.64. The number of nitrogens with zero attached hydrogens (tertiary/aromatic N) is 1. The second kappa shape index (κ2) is 8.94. The van der Waals surface area contributed by atoms with Gasteiger partial charge < -0.3 is 15.4 Å². The maximum Gasteiger partial charge on any atom is 0.269 e. The number of aryl methyl sites for hydroxylation is 1. The molecule has 2 rings (SSSR count). The molecule has 0 aliphatic carbocycles. The molecule has 1 aromatic heterocycles. The highest BCUT2D eigenvalue weighted by atomic mass is 16.5. The molecule has 0 saturated carbocycles. The van der Waals surface area contributed by atoms with Gasteiger partial charge in [-0.05, 0) is 55.3 Å². The van der Waals surface area contributed by atoms with Gasteiger partial charge in [0.15, 0.2) is 6.29 Å². The van der Waals surface area contributed by atoms with E-state index in [1.54, 1.807) is 19.3 Å². The molecule has 132 valence electrons. The van der Waals surface area contributed by atoms with Gasteiger partial charge >= 0.3 is 0 Å². The minimum atomic E-state index is -0.214. The van der Waals surface area contributed by atoms with Crippen molar-refractivity contribution in [2.75, 3.05) is 27.2 Å². The Morgan fingerprint density at radius 1 is 1.28 bits per heavy atom. The van der Waals surface area contributed by atoms with Gasteiger partial charge in [-0.25, -0.2) is 0 Å². The van der Waals surface area contributed by atoms with Gasteiger partial charge in [0.1, 0.15) is 18.1 Å². The largest absolute Gasteiger partial charge is 0.492 e. The third-order valence-corrected chi connectivity index (χ3v) is 3.88. The molecule has 0 bridgehead atoms. The van der Waals surface area contributed by atoms with Crippen LogP contribution < -0.4 is 15.4 Å². The molecule has 0 aliphatic heterocycles. The summed E-state index contributed by atoms with van der Waals surface area (Å²) in [6.07, 6.45) is 3.12. The van der Waals surface area contributed by atoms with Crippen LogP contribution in [0.25, 0.3) is 0 Å². The summed E-state index contributed by atoms with van der Waals surface area (Å²) in [5.74, 6) is 0.383. The smallest absolute Gasteiger partial charge is 0.269 e. The summed E-state index contributed by atoms with van der Waals surface area (Å²) >= 11 is 0. The van der Waals surface area contributed by atoms with E-state index in [0.717, 1.165) is 23.0 Å². The van der Waals surface area contributed by atoms with Gasteiger partial charge in [-0.3, -0.25) is 14.6 Å². The van der Waals surface area contributed by atoms with E-state index in [0.29, 0.717) is 36.6 Å². The van der Waals surface area contributed by atoms with Crippen LogP contribution >= 0.6 is 0 Å². The number of ether oxygens (including phenoxy) is 1. The predicted octanol–water partition coefficient (Wildman–Crippen LogP) is 1.75. The van der Waals surface area contributed by atoms with Crippen molar-refractivity contribution >= 4 is 12.2 Å². The first kappa shape index (κ1) is 18.6. The number of hydrogen-bond donors (Lipinski definition) is 2. The Bertz CT molecular complexity index is 742. The Kier molecular flexibility index (Phi) is 6.65. The zero-order valence-electron chi connectivity index (χ0n) is 14.8. The molecule has 0 spiro atoms. The van der Waals surface area contributed by atoms with Gasteiger partial charge in [-0.2, -0.15) is 0 Å². The predicted molar refractivity (Wildman–Crippen MR) is 96.4 cm³/mol. The van der Waals surface area contributed by atoms with Crippen molar-refractivity contribution < 1.29 is 14.3 Å². The summed E-state index contributed by atoms with van der Waals surface area (Å²) in [6.45, 7) is 3.20. The molecule has 0 unspecified atom stereocenters. The van der Waals surface area contributed by atoms with Crippen LogP contribution in [0, 0.1) is 6.92 Å². The lowest BCUT2D eigenvalue weighted by Gasteiger charge is -2.13. The summed E-state index contributed by atoms with van der Waals surface area (Å²) in [4.78, 5) is 27.1. The maximum absolute atomic E-state index is 11.5. The minimum Gasteiger partial charge on any atom is -0.492 e. The molecule has 1 heterocycles. The summed E-state index contributed by atoms with van der Waals surface area (Å²) in [6, 6.07) is 7.30. The van der Waals surface area contributed by atoms with Crippen LogP contribution in [0.2, 0.25) is 0 Å². The van der Waals surface area contributed by atoms with Gasteiger partial charge in [-0.1, -0.05) is 6.07 Å². The van der Waals surface area contributed by atoms with E-state index in [-0.39, 0.29) is 5.91 Å². The number of benzene rings is 1. The number of likely N-dealkylation sites (N-methyl/N-ethyl adjacent to an activating group) is 1. The summed E-state index contributed by atoms with van der Waals surface area (Å²) in [5, 5.41) is 5.55. The number of aromatic nitrogens is 1. The van der Waals surface area contributed by atoms with E-state index in [1.165, 1.54) is 0 Å². The molecule has 6 nitrogen and oxygen atoms in total. The summed E-state index contributed by atoms with van der Waals surface area (Å²) < 4.78 is 5.66. The quantitative estimate of drug-likeness (QED) is 0.565. The summed E-state index contributed by atoms with van der Waals surface area (Å²) in [7, 11) is 3.42. The van der Waals surface area contributed by atoms with E-state index in [4.69, 9.17) is 4.74 Å². The van der Waals surface area contributed by atoms with Crippen molar-refractivity contribution in [3.63, 3.8) is 0 Å². The standard InChI is InChI=1S/C19H23N3O3/c1-13-8-18(25-7-6-20-2)16(12-23)10-15(13)9-14-4-5-17(22-11-14)19(24)21-3/h4-5,8,10-12,20H,6-7,9H2,1-3H3,(H,21,24). The molecule has 1 amide bonds. The van der Waals surface area contributed by atoms with Crippen molar-refractivity contribution in [2.24, 2.45) is 0 Å². The molecular formula is C19H23N3O3. The van der Waals surface area contributed by atoms with Crippen LogP contribution in [0.1, 0.15) is 37.5 Å². The molecule has 2 N–H and O–H groups in total. The van der Waals surface area contributed by atoms with Crippen LogP contribution in [-0.4, -0.2) is 44.4 Å². The van der Waals surface area contributed by atoms with Crippen molar-refractivity contribution in [3.05, 3.63) is 58.4 Å². The molecular weight excluding hydrogens is 318 g/mol. The Morgan fingerprint density at radius 3 is 2.68 bits per heavy atom. The van der Waals surface area contributed by atoms with Crippen molar-refractivity contribution in [3.8, 4) is 5.75 Å². The SMILES string of the molecule is CNCCOc1cc(C)c(Cc2ccc(C(=O)NC)nc2)cc1C=O. The van der Waals surface area contributed by atoms with E-state index in [1.807, 2.05) is 32.2 Å². The number of rotatable bonds is 8. The molecule has 0 aliphatic rings. The Morgan fingerprint density at radius 2 is 2.08 bits per heavy atom. The fraction of sp³-hybridized carbons (Fsp3) is 0.316. The first-order valence-electron chi connectivity index (χ1n) is 8.12. The molecule has 0 atom stereocenters. The first-order valence-corrected chi connectivity index (χ1v) is 8.12. The van der Waals surface area contributed by atoms with Crippen LogP contribution in [0.5, 0.6) is 5.75 Å². The maximum atomic E-state index is 11.5. The molecule has 0 radical (unpaired) electrons. The second-order valence-electron chi connectivity index (χ2n) is 5.69. The van der Waals surface area contributed by atoms with Crippen LogP contribution in [-0.2, 0) is 6.42 Å². The highest BCUT2D eigenvalue weighted by Gasteiger charge is 2.10. The van der Waals surface area contributed by atoms with E-state index >= 15 is 0 Å². The monoisotopic (exact) mass is 341 g/mol. The fourth-order valence-electron chi connectivity index (χ4n) is 2.43. The van der Waals surface area contributed by atoms with E-state index in [9.17, 15) is 9.59 Å². The van der Waals surface area contributed by atoms with Crippen LogP contribution in [0.15, 0.2) is 30.5 Å². The Balaban J connectivity index is 2.18. The number of nitrogens with one attached hydrogen (secondary N) is 2. The van der Waals surface area contributed by atoms with E-state index < -0.39 is 0 Å². The van der Waals surface area contributed by atoms with Gasteiger partial charge in [-0.15, -0.1) is 0 Å². The van der Waals surface area contributed by atoms with Crippen LogP contribution in [0.4, 0.5) is 0 Å². The number of carbonyl (C=O) groups is 2. The minimum absolute atomic E-state index is 0.214. The molecule has 6 heteroatoms. The van der Waals surface area contributed by atoms with Gasteiger partial charge in [0.05, 0.1) is 5.56 Å². The van der Waals surface area contributed by atoms with Crippen molar-refractivity contribution in [2.45, 2.75) is 13.3 Å². The van der Waals surface area contributed by atoms with Crippen molar-refractivity contribution in [1.29, 1.82) is 0 Å². The third-order valence-electron chi connectivity index (χ3n) is 3.88. The van der Waals surface area contributed by atoms with Crippen molar-refractivity contribution in [1.82, 2.24) is 15.6 Å². The highest BCUT2D eigenvalue weighted by molar-refractivity contribution is 5.91. The number of carbonyl (C=O) groups excluding carboxylic acids is 2. The van der Waals surface area contributed by atoms with Gasteiger partial charge in [0, 0.05) is 19.8 Å². The fourth-order valence-corrected chi connectivity index (χ4v) is 2.43. The second-order valence-corrected chi connectivity index (χ2v) is 5.69. The zero-order chi connectivity index (χ0) is 18.2. The molecule has 0 fully saturated rings. The third kappa shape index (κ3) is 4.87. The van der Waals surface area contributed by atoms with Gasteiger partial charge in [0.2, 0.25) is 0 Å². The van der Waals surface area contributed by atoms with E-state index in [2.05, 4.69) is 15.6 Å². The Hall–Kier alpha value is -2.73. The highest BCUT2D eigenvalue weighted by Crippen LogP contribution is 2.24. The summed E-state index contributed by atoms with van der Waals surface area (Å²) in [5.41, 5.74) is 3.95. The lowest BCUT2D eigenvalue weighted by atomic mass is 9.98. The average molecular weight is 341 g/mol. The molecule has 25 heavy (non-hydrogen) atoms. The normalized spacial score (nSPS) is 10.4. The molecule has 2 aromatic rings. The Labute approximate surface area is 147 Å². The number of hydrogen-bond acceptors (Lipinski definition) is 5. The number of pyridine rings is 1. The zero-order valence-corrected chi connectivity index (χ0v) is 14.8. The lowest BCUT2D eigenvalue weighted by molar-refractivity contribution is 0.0958. The lowest BCUT2D eigenvalue weighted by Crippen LogP contribution is -2.19. The van der Waals surface area contributed by atoms with Crippen LogP contribution in [0.3, 0.4) is 0 Å². The topological polar surface area (TPSA) is 80.3 Å². The first-order chi connectivity index (χ1) is 12.1. The number of aldehydes is 1. The number of amides is 1.